The molecule has 0 spiro atoms. The van der Waals surface area contributed by atoms with E-state index in [0.29, 0.717) is 34.5 Å². The lowest BCUT2D eigenvalue weighted by Gasteiger charge is -2.22. The summed E-state index contributed by atoms with van der Waals surface area (Å²) < 4.78 is 51.7. The first kappa shape index (κ1) is 25.3. The lowest BCUT2D eigenvalue weighted by molar-refractivity contribution is -0.137. The van der Waals surface area contributed by atoms with Gasteiger partial charge in [0.05, 0.1) is 16.6 Å². The van der Waals surface area contributed by atoms with E-state index in [0.717, 1.165) is 43.6 Å². The zero-order chi connectivity index (χ0) is 26.7. The van der Waals surface area contributed by atoms with Gasteiger partial charge in [0.1, 0.15) is 23.4 Å². The fraction of sp³-hybridized carbons (Fsp3) is 0.269. The van der Waals surface area contributed by atoms with Gasteiger partial charge in [0.2, 0.25) is 5.95 Å². The maximum Gasteiger partial charge on any atom is 0.416 e. The zero-order valence-corrected chi connectivity index (χ0v) is 20.4. The molecule has 2 aromatic heterocycles. The van der Waals surface area contributed by atoms with Gasteiger partial charge in [-0.15, -0.1) is 0 Å². The molecule has 38 heavy (non-hydrogen) atoms. The number of carbonyl (C=O) groups is 1. The fourth-order valence-electron chi connectivity index (χ4n) is 4.10. The summed E-state index contributed by atoms with van der Waals surface area (Å²) in [6, 6.07) is 13.3. The first-order chi connectivity index (χ1) is 18.2. The average molecular weight is 527 g/mol. The second-order valence-electron chi connectivity index (χ2n) is 8.80. The second-order valence-corrected chi connectivity index (χ2v) is 8.80. The molecule has 2 aromatic carbocycles. The highest BCUT2D eigenvalue weighted by Gasteiger charge is 2.30. The number of amides is 1. The molecule has 1 amide bonds. The fourth-order valence-corrected chi connectivity index (χ4v) is 4.10. The highest BCUT2D eigenvalue weighted by molar-refractivity contribution is 5.84. The largest absolute Gasteiger partial charge is 0.457 e. The molecule has 0 aliphatic carbocycles. The van der Waals surface area contributed by atoms with Crippen LogP contribution >= 0.6 is 0 Å². The van der Waals surface area contributed by atoms with Crippen molar-refractivity contribution in [2.75, 3.05) is 23.7 Å². The van der Waals surface area contributed by atoms with Crippen LogP contribution in [0.15, 0.2) is 60.8 Å². The number of anilines is 3. The number of carbonyl (C=O) groups excluding carboxylic acids is 1. The summed E-state index contributed by atoms with van der Waals surface area (Å²) in [6.45, 7) is 1.62. The number of aromatic nitrogens is 3. The number of piperidine rings is 1. The number of pyridine rings is 1. The number of nitrogens with zero attached hydrogens (tertiary/aromatic N) is 3. The number of imidazole rings is 1. The highest BCUT2D eigenvalue weighted by Crippen LogP contribution is 2.31. The van der Waals surface area contributed by atoms with Gasteiger partial charge in [0.25, 0.3) is 0 Å². The van der Waals surface area contributed by atoms with Crippen LogP contribution in [0.2, 0.25) is 0 Å². The number of hydrogen-bond donors (Lipinski definition) is 3. The van der Waals surface area contributed by atoms with Crippen LogP contribution in [0.3, 0.4) is 0 Å². The van der Waals surface area contributed by atoms with Crippen LogP contribution in [-0.4, -0.2) is 39.8 Å². The summed E-state index contributed by atoms with van der Waals surface area (Å²) in [7, 11) is 1.80. The Bertz CT molecular complexity index is 1430. The van der Waals surface area contributed by atoms with Gasteiger partial charge in [0, 0.05) is 31.1 Å². The zero-order valence-electron chi connectivity index (χ0n) is 20.4. The second kappa shape index (κ2) is 10.6. The standard InChI is InChI=1S/C26H25F3N6O3/c1-35-22-7-6-19(14-21(22)33-24(35)32-17-4-2-16(3-5-17)26(27,28)29)37-20-10-13-31-23(15-20)34-25(36)38-18-8-11-30-12-9-18/h2-7,10,13-15,18,30H,8-9,11-12H2,1H3,(H,32,33)(H,31,34,36). The Morgan fingerprint density at radius 3 is 2.53 bits per heavy atom. The summed E-state index contributed by atoms with van der Waals surface area (Å²) in [5.74, 6) is 1.71. The molecule has 4 aromatic rings. The molecule has 0 bridgehead atoms. The molecule has 0 saturated carbocycles. The molecule has 0 radical (unpaired) electrons. The van der Waals surface area contributed by atoms with Crippen molar-refractivity contribution in [3.05, 3.63) is 66.4 Å². The highest BCUT2D eigenvalue weighted by atomic mass is 19.4. The molecule has 1 aliphatic heterocycles. The van der Waals surface area contributed by atoms with E-state index in [-0.39, 0.29) is 6.10 Å². The number of aryl methyl sites for hydroxylation is 1. The van der Waals surface area contributed by atoms with Crippen molar-refractivity contribution in [2.24, 2.45) is 7.05 Å². The number of nitrogens with one attached hydrogen (secondary N) is 3. The maximum absolute atomic E-state index is 12.8. The number of hydrogen-bond acceptors (Lipinski definition) is 7. The van der Waals surface area contributed by atoms with Gasteiger partial charge in [-0.1, -0.05) is 0 Å². The van der Waals surface area contributed by atoms with Gasteiger partial charge in [-0.05, 0) is 68.4 Å². The normalized spacial score (nSPS) is 14.3. The minimum atomic E-state index is -4.39. The third-order valence-corrected chi connectivity index (χ3v) is 6.08. The van der Waals surface area contributed by atoms with Crippen molar-refractivity contribution in [3.63, 3.8) is 0 Å². The quantitative estimate of drug-likeness (QED) is 0.291. The van der Waals surface area contributed by atoms with Crippen LogP contribution in [0.5, 0.6) is 11.5 Å². The predicted octanol–water partition coefficient (Wildman–Crippen LogP) is 5.82. The lowest BCUT2D eigenvalue weighted by atomic mass is 10.1. The van der Waals surface area contributed by atoms with Crippen molar-refractivity contribution < 1.29 is 27.4 Å². The summed E-state index contributed by atoms with van der Waals surface area (Å²) in [5.41, 5.74) is 1.17. The molecule has 3 N–H and O–H groups in total. The molecule has 5 rings (SSSR count). The number of ether oxygens (including phenoxy) is 2. The lowest BCUT2D eigenvalue weighted by Crippen LogP contribution is -2.34. The Hall–Kier alpha value is -4.32. The first-order valence-electron chi connectivity index (χ1n) is 12.0. The Balaban J connectivity index is 1.26. The molecule has 198 valence electrons. The molecule has 1 saturated heterocycles. The molecular formula is C26H25F3N6O3. The first-order valence-corrected chi connectivity index (χ1v) is 12.0. The SMILES string of the molecule is Cn1c(Nc2ccc(C(F)(F)F)cc2)nc2cc(Oc3ccnc(NC(=O)OC4CCNCC4)c3)ccc21. The number of alkyl halides is 3. The number of rotatable bonds is 6. The van der Waals surface area contributed by atoms with E-state index in [2.05, 4.69) is 25.9 Å². The third kappa shape index (κ3) is 5.97. The summed E-state index contributed by atoms with van der Waals surface area (Å²) in [4.78, 5) is 20.9. The number of halogens is 3. The molecule has 9 nitrogen and oxygen atoms in total. The van der Waals surface area contributed by atoms with E-state index in [1.165, 1.54) is 18.3 Å². The van der Waals surface area contributed by atoms with E-state index in [4.69, 9.17) is 9.47 Å². The van der Waals surface area contributed by atoms with Gasteiger partial charge in [0.15, 0.2) is 0 Å². The molecule has 0 unspecified atom stereocenters. The monoisotopic (exact) mass is 526 g/mol. The molecular weight excluding hydrogens is 501 g/mol. The van der Waals surface area contributed by atoms with Gasteiger partial charge in [-0.2, -0.15) is 13.2 Å². The van der Waals surface area contributed by atoms with Gasteiger partial charge < -0.3 is 24.7 Å². The molecule has 3 heterocycles. The van der Waals surface area contributed by atoms with E-state index < -0.39 is 17.8 Å². The van der Waals surface area contributed by atoms with Crippen molar-refractivity contribution in [1.82, 2.24) is 19.9 Å². The van der Waals surface area contributed by atoms with Crippen molar-refractivity contribution in [2.45, 2.75) is 25.1 Å². The van der Waals surface area contributed by atoms with Crippen LogP contribution in [-0.2, 0) is 18.0 Å². The van der Waals surface area contributed by atoms with Crippen LogP contribution in [0.1, 0.15) is 18.4 Å². The maximum atomic E-state index is 12.8. The van der Waals surface area contributed by atoms with Crippen LogP contribution in [0.25, 0.3) is 11.0 Å². The molecule has 12 heteroatoms. The van der Waals surface area contributed by atoms with Crippen LogP contribution in [0.4, 0.5) is 35.4 Å². The summed E-state index contributed by atoms with van der Waals surface area (Å²) in [5, 5.41) is 8.89. The Labute approximate surface area is 216 Å². The van der Waals surface area contributed by atoms with E-state index >= 15 is 0 Å². The third-order valence-electron chi connectivity index (χ3n) is 6.08. The van der Waals surface area contributed by atoms with Crippen LogP contribution < -0.4 is 20.7 Å². The predicted molar refractivity (Wildman–Crippen MR) is 136 cm³/mol. The Morgan fingerprint density at radius 1 is 1.05 bits per heavy atom. The van der Waals surface area contributed by atoms with Crippen molar-refractivity contribution >= 4 is 34.6 Å². The molecule has 0 atom stereocenters. The van der Waals surface area contributed by atoms with Crippen LogP contribution in [0, 0.1) is 0 Å². The number of fused-ring (bicyclic) bond motifs is 1. The van der Waals surface area contributed by atoms with Crippen molar-refractivity contribution in [1.29, 1.82) is 0 Å². The van der Waals surface area contributed by atoms with E-state index in [1.807, 2.05) is 6.07 Å². The average Bonchev–Trinajstić information content (AvgIpc) is 3.18. The van der Waals surface area contributed by atoms with Gasteiger partial charge in [-0.3, -0.25) is 5.32 Å². The summed E-state index contributed by atoms with van der Waals surface area (Å²) in [6.07, 6.45) is -2.04. The van der Waals surface area contributed by atoms with Gasteiger partial charge in [-0.25, -0.2) is 14.8 Å². The van der Waals surface area contributed by atoms with Gasteiger partial charge >= 0.3 is 12.3 Å². The molecule has 1 fully saturated rings. The van der Waals surface area contributed by atoms with Crippen molar-refractivity contribution in [3.8, 4) is 11.5 Å². The Kier molecular flexibility index (Phi) is 7.05. The molecule has 1 aliphatic rings. The summed E-state index contributed by atoms with van der Waals surface area (Å²) >= 11 is 0. The topological polar surface area (TPSA) is 102 Å². The minimum Gasteiger partial charge on any atom is -0.457 e. The number of benzene rings is 2. The smallest absolute Gasteiger partial charge is 0.416 e. The minimum absolute atomic E-state index is 0.126. The van der Waals surface area contributed by atoms with E-state index in [9.17, 15) is 18.0 Å². The Morgan fingerprint density at radius 2 is 1.79 bits per heavy atom. The van der Waals surface area contributed by atoms with E-state index in [1.54, 1.807) is 35.9 Å².